The molecular weight excluding hydrogens is 200 g/mol. The largest absolute Gasteiger partial charge is 0.474 e. The third-order valence-electron chi connectivity index (χ3n) is 3.12. The molecule has 1 saturated carbocycles. The van der Waals surface area contributed by atoms with E-state index in [1.165, 1.54) is 19.3 Å². The van der Waals surface area contributed by atoms with Crippen molar-refractivity contribution in [2.75, 3.05) is 0 Å². The topological polar surface area (TPSA) is 48.1 Å². The molecule has 1 atom stereocenters. The van der Waals surface area contributed by atoms with Crippen molar-refractivity contribution in [3.05, 3.63) is 23.9 Å². The molecule has 1 aromatic heterocycles. The molecule has 16 heavy (non-hydrogen) atoms. The number of aromatic nitrogens is 1. The zero-order chi connectivity index (χ0) is 11.4. The zero-order valence-corrected chi connectivity index (χ0v) is 9.86. The number of nitrogens with two attached hydrogens (primary N) is 1. The molecular formula is C13H20N2O. The first kappa shape index (κ1) is 11.4. The molecule has 2 rings (SSSR count). The van der Waals surface area contributed by atoms with Gasteiger partial charge in [0.05, 0.1) is 0 Å². The predicted octanol–water partition coefficient (Wildman–Crippen LogP) is 2.81. The molecule has 0 aliphatic heterocycles. The van der Waals surface area contributed by atoms with Gasteiger partial charge in [0, 0.05) is 18.3 Å². The van der Waals surface area contributed by atoms with Gasteiger partial charge >= 0.3 is 0 Å². The molecule has 1 aromatic rings. The van der Waals surface area contributed by atoms with Crippen molar-refractivity contribution in [1.29, 1.82) is 0 Å². The highest BCUT2D eigenvalue weighted by molar-refractivity contribution is 5.23. The first-order chi connectivity index (χ1) is 7.75. The van der Waals surface area contributed by atoms with Gasteiger partial charge < -0.3 is 10.5 Å². The Morgan fingerprint density at radius 3 is 2.81 bits per heavy atom. The van der Waals surface area contributed by atoms with Gasteiger partial charge in [-0.15, -0.1) is 0 Å². The summed E-state index contributed by atoms with van der Waals surface area (Å²) in [5, 5.41) is 0. The standard InChI is InChI=1S/C13H20N2O/c1-10(14)11-7-8-15-13(9-11)16-12-5-3-2-4-6-12/h7-10,12H,2-6,14H2,1H3/t10-/m0/s1. The van der Waals surface area contributed by atoms with Crippen molar-refractivity contribution in [2.45, 2.75) is 51.2 Å². The van der Waals surface area contributed by atoms with Crippen molar-refractivity contribution >= 4 is 0 Å². The van der Waals surface area contributed by atoms with E-state index in [9.17, 15) is 0 Å². The molecule has 0 saturated heterocycles. The van der Waals surface area contributed by atoms with Gasteiger partial charge in [0.1, 0.15) is 6.10 Å². The van der Waals surface area contributed by atoms with Crippen molar-refractivity contribution < 1.29 is 4.74 Å². The van der Waals surface area contributed by atoms with Crippen LogP contribution in [0.5, 0.6) is 5.88 Å². The Labute approximate surface area is 97.0 Å². The van der Waals surface area contributed by atoms with Crippen LogP contribution < -0.4 is 10.5 Å². The second-order valence-corrected chi connectivity index (χ2v) is 4.59. The molecule has 1 heterocycles. The summed E-state index contributed by atoms with van der Waals surface area (Å²) >= 11 is 0. The summed E-state index contributed by atoms with van der Waals surface area (Å²) in [6.07, 6.45) is 8.33. The van der Waals surface area contributed by atoms with E-state index in [0.29, 0.717) is 6.10 Å². The van der Waals surface area contributed by atoms with Crippen LogP contribution in [0.15, 0.2) is 18.3 Å². The molecule has 3 heteroatoms. The minimum absolute atomic E-state index is 0.0386. The molecule has 3 nitrogen and oxygen atoms in total. The number of pyridine rings is 1. The van der Waals surface area contributed by atoms with Crippen LogP contribution in [0.4, 0.5) is 0 Å². The Balaban J connectivity index is 2.00. The fourth-order valence-electron chi connectivity index (χ4n) is 2.13. The third-order valence-corrected chi connectivity index (χ3v) is 3.12. The summed E-state index contributed by atoms with van der Waals surface area (Å²) in [5.41, 5.74) is 6.92. The van der Waals surface area contributed by atoms with Crippen molar-refractivity contribution in [3.8, 4) is 5.88 Å². The van der Waals surface area contributed by atoms with Gasteiger partial charge in [-0.2, -0.15) is 0 Å². The highest BCUT2D eigenvalue weighted by Crippen LogP contribution is 2.23. The van der Waals surface area contributed by atoms with Gasteiger partial charge in [0.25, 0.3) is 0 Å². The van der Waals surface area contributed by atoms with E-state index in [1.807, 2.05) is 19.1 Å². The number of rotatable bonds is 3. The van der Waals surface area contributed by atoms with E-state index in [2.05, 4.69) is 4.98 Å². The van der Waals surface area contributed by atoms with E-state index in [-0.39, 0.29) is 6.04 Å². The average Bonchev–Trinajstić information content (AvgIpc) is 2.30. The van der Waals surface area contributed by atoms with E-state index < -0.39 is 0 Å². The number of hydrogen-bond donors (Lipinski definition) is 1. The zero-order valence-electron chi connectivity index (χ0n) is 9.86. The van der Waals surface area contributed by atoms with Crippen LogP contribution in [0, 0.1) is 0 Å². The average molecular weight is 220 g/mol. The van der Waals surface area contributed by atoms with E-state index in [1.54, 1.807) is 6.20 Å². The van der Waals surface area contributed by atoms with Crippen molar-refractivity contribution in [3.63, 3.8) is 0 Å². The second-order valence-electron chi connectivity index (χ2n) is 4.59. The van der Waals surface area contributed by atoms with Gasteiger partial charge in [0.2, 0.25) is 5.88 Å². The third kappa shape index (κ3) is 2.95. The summed E-state index contributed by atoms with van der Waals surface area (Å²) in [5.74, 6) is 0.724. The molecule has 0 spiro atoms. The molecule has 1 aliphatic rings. The van der Waals surface area contributed by atoms with E-state index >= 15 is 0 Å². The van der Waals surface area contributed by atoms with Gasteiger partial charge in [0.15, 0.2) is 0 Å². The monoisotopic (exact) mass is 220 g/mol. The van der Waals surface area contributed by atoms with E-state index in [4.69, 9.17) is 10.5 Å². The Kier molecular flexibility index (Phi) is 3.78. The lowest BCUT2D eigenvalue weighted by molar-refractivity contribution is 0.148. The van der Waals surface area contributed by atoms with Gasteiger partial charge in [-0.25, -0.2) is 4.98 Å². The molecule has 88 valence electrons. The van der Waals surface area contributed by atoms with Crippen molar-refractivity contribution in [1.82, 2.24) is 4.98 Å². The second kappa shape index (κ2) is 5.30. The van der Waals surface area contributed by atoms with Gasteiger partial charge in [-0.05, 0) is 44.2 Å². The quantitative estimate of drug-likeness (QED) is 0.852. The summed E-state index contributed by atoms with van der Waals surface area (Å²) in [7, 11) is 0. The van der Waals surface area contributed by atoms with Crippen LogP contribution in [-0.2, 0) is 0 Å². The van der Waals surface area contributed by atoms with E-state index in [0.717, 1.165) is 24.3 Å². The normalized spacial score (nSPS) is 19.4. The first-order valence-electron chi connectivity index (χ1n) is 6.14. The number of hydrogen-bond acceptors (Lipinski definition) is 3. The lowest BCUT2D eigenvalue weighted by Gasteiger charge is -2.22. The predicted molar refractivity (Wildman–Crippen MR) is 64.3 cm³/mol. The van der Waals surface area contributed by atoms with Crippen LogP contribution >= 0.6 is 0 Å². The number of nitrogens with zero attached hydrogens (tertiary/aromatic N) is 1. The van der Waals surface area contributed by atoms with Crippen LogP contribution in [0.25, 0.3) is 0 Å². The minimum Gasteiger partial charge on any atom is -0.474 e. The van der Waals surface area contributed by atoms with Crippen LogP contribution in [0.3, 0.4) is 0 Å². The molecule has 0 radical (unpaired) electrons. The Bertz CT molecular complexity index is 332. The highest BCUT2D eigenvalue weighted by Gasteiger charge is 2.15. The summed E-state index contributed by atoms with van der Waals surface area (Å²) in [6.45, 7) is 1.97. The Morgan fingerprint density at radius 2 is 2.12 bits per heavy atom. The molecule has 2 N–H and O–H groups in total. The number of ether oxygens (including phenoxy) is 1. The fourth-order valence-corrected chi connectivity index (χ4v) is 2.13. The van der Waals surface area contributed by atoms with Crippen LogP contribution in [0.2, 0.25) is 0 Å². The summed E-state index contributed by atoms with van der Waals surface area (Å²) in [6, 6.07) is 3.94. The van der Waals surface area contributed by atoms with Gasteiger partial charge in [-0.1, -0.05) is 6.42 Å². The SMILES string of the molecule is C[C@H](N)c1ccnc(OC2CCCCC2)c1. The molecule has 0 bridgehead atoms. The van der Waals surface area contributed by atoms with Crippen LogP contribution in [-0.4, -0.2) is 11.1 Å². The molecule has 1 aliphatic carbocycles. The summed E-state index contributed by atoms with van der Waals surface area (Å²) in [4.78, 5) is 4.24. The maximum atomic E-state index is 5.88. The molecule has 0 amide bonds. The lowest BCUT2D eigenvalue weighted by Crippen LogP contribution is -2.20. The van der Waals surface area contributed by atoms with Crippen LogP contribution in [0.1, 0.15) is 50.6 Å². The minimum atomic E-state index is 0.0386. The lowest BCUT2D eigenvalue weighted by atomic mass is 9.98. The summed E-state index contributed by atoms with van der Waals surface area (Å²) < 4.78 is 5.88. The maximum absolute atomic E-state index is 5.88. The highest BCUT2D eigenvalue weighted by atomic mass is 16.5. The maximum Gasteiger partial charge on any atom is 0.213 e. The smallest absolute Gasteiger partial charge is 0.213 e. The Hall–Kier alpha value is -1.09. The molecule has 0 aromatic carbocycles. The Morgan fingerprint density at radius 1 is 1.38 bits per heavy atom. The fraction of sp³-hybridized carbons (Fsp3) is 0.615. The molecule has 1 fully saturated rings. The van der Waals surface area contributed by atoms with Gasteiger partial charge in [-0.3, -0.25) is 0 Å². The molecule has 0 unspecified atom stereocenters. The van der Waals surface area contributed by atoms with Crippen molar-refractivity contribution in [2.24, 2.45) is 5.73 Å². The first-order valence-corrected chi connectivity index (χ1v) is 6.14.